The molecule has 0 aliphatic carbocycles. The Labute approximate surface area is 469 Å². The van der Waals surface area contributed by atoms with Gasteiger partial charge in [0.15, 0.2) is 0 Å². The quantitative estimate of drug-likeness (QED) is 0.0243. The topological polar surface area (TPSA) is 105 Å². The molecule has 0 aliphatic heterocycles. The number of hydrogen-bond donors (Lipinski definition) is 3. The summed E-state index contributed by atoms with van der Waals surface area (Å²) in [5, 5.41) is 14.0. The molecule has 0 saturated carbocycles. The first-order valence-corrected chi connectivity index (χ1v) is 35.1. The lowest BCUT2D eigenvalue weighted by Crippen LogP contribution is -2.45. The summed E-state index contributed by atoms with van der Waals surface area (Å²) in [5.41, 5.74) is 0. The van der Waals surface area contributed by atoms with E-state index >= 15 is 0 Å². The van der Waals surface area contributed by atoms with Crippen LogP contribution >= 0.6 is 7.82 Å². The lowest BCUT2D eigenvalue weighted by molar-refractivity contribution is -0.870. The SMILES string of the molecule is CCCCCCCCCCCCCCCCCCCCCCCCCCCCC/C=C/C(O)C(COP(=O)(O)OCC[N+](C)(C)C)NC(=O)CCCCCCCCCCCCCCCCCCCCCCCCCC. The molecule has 9 heteroatoms. The van der Waals surface area contributed by atoms with Gasteiger partial charge in [-0.1, -0.05) is 341 Å². The van der Waals surface area contributed by atoms with Crippen LogP contribution in [-0.2, 0) is 18.4 Å². The molecule has 0 heterocycles. The Morgan fingerprint density at radius 1 is 0.440 bits per heavy atom. The second kappa shape index (κ2) is 57.9. The average Bonchev–Trinajstić information content (AvgIpc) is 3.37. The Kier molecular flexibility index (Phi) is 57.3. The predicted octanol–water partition coefficient (Wildman–Crippen LogP) is 20.9. The molecule has 8 nitrogen and oxygen atoms in total. The second-order valence-electron chi connectivity index (χ2n) is 24.6. The van der Waals surface area contributed by atoms with Gasteiger partial charge >= 0.3 is 7.82 Å². The van der Waals surface area contributed by atoms with Crippen LogP contribution in [0.2, 0.25) is 0 Å². The maximum atomic E-state index is 13.0. The highest BCUT2D eigenvalue weighted by Gasteiger charge is 2.28. The number of likely N-dealkylation sites (N-methyl/N-ethyl adjacent to an activating group) is 1. The third-order valence-electron chi connectivity index (χ3n) is 15.8. The molecule has 75 heavy (non-hydrogen) atoms. The fourth-order valence-electron chi connectivity index (χ4n) is 10.5. The van der Waals surface area contributed by atoms with Crippen molar-refractivity contribution < 1.29 is 32.9 Å². The van der Waals surface area contributed by atoms with Crippen LogP contribution < -0.4 is 5.32 Å². The average molecular weight is 1080 g/mol. The van der Waals surface area contributed by atoms with Crippen molar-refractivity contribution in [3.05, 3.63) is 12.2 Å². The summed E-state index contributed by atoms with van der Waals surface area (Å²) in [4.78, 5) is 23.4. The number of carbonyl (C=O) groups excluding carboxylic acids is 1. The van der Waals surface area contributed by atoms with Gasteiger partial charge in [0, 0.05) is 6.42 Å². The first-order valence-electron chi connectivity index (χ1n) is 33.6. The van der Waals surface area contributed by atoms with Crippen LogP contribution in [0.4, 0.5) is 0 Å². The molecule has 448 valence electrons. The number of quaternary nitrogens is 1. The number of unbranched alkanes of at least 4 members (excludes halogenated alkanes) is 50. The van der Waals surface area contributed by atoms with E-state index in [1.54, 1.807) is 6.08 Å². The van der Waals surface area contributed by atoms with Crippen molar-refractivity contribution >= 4 is 13.7 Å². The third-order valence-corrected chi connectivity index (χ3v) is 16.7. The number of phosphoric ester groups is 1. The van der Waals surface area contributed by atoms with Crippen LogP contribution in [0.15, 0.2) is 12.2 Å². The summed E-state index contributed by atoms with van der Waals surface area (Å²) in [7, 11) is 1.59. The first-order chi connectivity index (χ1) is 36.5. The molecule has 3 unspecified atom stereocenters. The molecular formula is C66H134N2O6P+. The van der Waals surface area contributed by atoms with E-state index in [-0.39, 0.29) is 19.1 Å². The van der Waals surface area contributed by atoms with Crippen molar-refractivity contribution in [3.63, 3.8) is 0 Å². The van der Waals surface area contributed by atoms with Gasteiger partial charge in [0.25, 0.3) is 0 Å². The van der Waals surface area contributed by atoms with E-state index in [0.717, 1.165) is 32.1 Å². The number of nitrogens with zero attached hydrogens (tertiary/aromatic N) is 1. The van der Waals surface area contributed by atoms with Crippen LogP contribution in [0.5, 0.6) is 0 Å². The Bertz CT molecular complexity index is 1230. The van der Waals surface area contributed by atoms with Gasteiger partial charge in [-0.25, -0.2) is 4.57 Å². The van der Waals surface area contributed by atoms with Crippen LogP contribution in [0, 0.1) is 0 Å². The Balaban J connectivity index is 4.06. The number of allylic oxidation sites excluding steroid dienone is 1. The Hall–Kier alpha value is -0.760. The number of phosphoric acid groups is 1. The van der Waals surface area contributed by atoms with Crippen molar-refractivity contribution in [3.8, 4) is 0 Å². The normalized spacial score (nSPS) is 13.7. The van der Waals surface area contributed by atoms with Gasteiger partial charge in [-0.3, -0.25) is 13.8 Å². The molecule has 0 rings (SSSR count). The zero-order valence-electron chi connectivity index (χ0n) is 51.3. The first kappa shape index (κ1) is 74.2. The van der Waals surface area contributed by atoms with E-state index < -0.39 is 20.0 Å². The van der Waals surface area contributed by atoms with Crippen molar-refractivity contribution in [2.75, 3.05) is 40.9 Å². The van der Waals surface area contributed by atoms with Gasteiger partial charge in [0.2, 0.25) is 5.91 Å². The largest absolute Gasteiger partial charge is 0.472 e. The van der Waals surface area contributed by atoms with Crippen LogP contribution in [-0.4, -0.2) is 73.4 Å². The molecule has 1 amide bonds. The minimum atomic E-state index is -4.35. The van der Waals surface area contributed by atoms with E-state index in [4.69, 9.17) is 9.05 Å². The van der Waals surface area contributed by atoms with Crippen LogP contribution in [0.3, 0.4) is 0 Å². The zero-order valence-corrected chi connectivity index (χ0v) is 52.2. The molecule has 0 aromatic rings. The summed E-state index contributed by atoms with van der Waals surface area (Å²) in [6.45, 7) is 4.89. The van der Waals surface area contributed by atoms with Crippen LogP contribution in [0.1, 0.15) is 354 Å². The standard InChI is InChI=1S/C66H133N2O6P/c1-6-8-10-12-14-16-18-20-22-24-26-28-30-32-33-34-35-36-37-39-41-43-45-47-49-51-53-55-57-59-65(69)64(63-74-75(71,72)73-62-61-68(3,4)5)67-66(70)60-58-56-54-52-50-48-46-44-42-40-38-31-29-27-25-23-21-19-17-15-13-11-9-7-2/h57,59,64-65,69H,6-56,58,60-63H2,1-5H3,(H-,67,70,71,72)/p+1/b59-57+. The van der Waals surface area contributed by atoms with E-state index in [1.165, 1.54) is 302 Å². The maximum absolute atomic E-state index is 13.0. The zero-order chi connectivity index (χ0) is 54.9. The summed E-state index contributed by atoms with van der Waals surface area (Å²) in [6, 6.07) is -0.843. The molecular weight excluding hydrogens is 948 g/mol. The molecule has 0 aromatic carbocycles. The molecule has 0 aromatic heterocycles. The highest BCUT2D eigenvalue weighted by molar-refractivity contribution is 7.47. The molecule has 0 saturated heterocycles. The molecule has 0 fully saturated rings. The number of rotatable bonds is 63. The summed E-state index contributed by atoms with van der Waals surface area (Å²) in [6.07, 6.45) is 73.5. The second-order valence-corrected chi connectivity index (χ2v) is 26.0. The van der Waals surface area contributed by atoms with Gasteiger partial charge < -0.3 is 19.8 Å². The van der Waals surface area contributed by atoms with Crippen LogP contribution in [0.25, 0.3) is 0 Å². The van der Waals surface area contributed by atoms with Gasteiger partial charge in [-0.2, -0.15) is 0 Å². The summed E-state index contributed by atoms with van der Waals surface area (Å²) >= 11 is 0. The minimum Gasteiger partial charge on any atom is -0.387 e. The van der Waals surface area contributed by atoms with E-state index in [9.17, 15) is 19.4 Å². The smallest absolute Gasteiger partial charge is 0.387 e. The van der Waals surface area contributed by atoms with Gasteiger partial charge in [0.1, 0.15) is 13.2 Å². The van der Waals surface area contributed by atoms with E-state index in [1.807, 2.05) is 27.2 Å². The molecule has 0 aliphatic rings. The van der Waals surface area contributed by atoms with Gasteiger partial charge in [0.05, 0.1) is 39.9 Å². The van der Waals surface area contributed by atoms with Gasteiger partial charge in [-0.05, 0) is 19.3 Å². The summed E-state index contributed by atoms with van der Waals surface area (Å²) < 4.78 is 23.8. The van der Waals surface area contributed by atoms with Crippen molar-refractivity contribution in [1.29, 1.82) is 0 Å². The lowest BCUT2D eigenvalue weighted by atomic mass is 10.0. The maximum Gasteiger partial charge on any atom is 0.472 e. The predicted molar refractivity (Wildman–Crippen MR) is 328 cm³/mol. The molecule has 0 radical (unpaired) electrons. The minimum absolute atomic E-state index is 0.0655. The fraction of sp³-hybridized carbons (Fsp3) is 0.955. The number of aliphatic hydroxyl groups is 1. The van der Waals surface area contributed by atoms with Gasteiger partial charge in [-0.15, -0.1) is 0 Å². The lowest BCUT2D eigenvalue weighted by Gasteiger charge is -2.25. The number of hydrogen-bond acceptors (Lipinski definition) is 5. The Morgan fingerprint density at radius 2 is 0.707 bits per heavy atom. The van der Waals surface area contributed by atoms with E-state index in [2.05, 4.69) is 19.2 Å². The highest BCUT2D eigenvalue weighted by Crippen LogP contribution is 2.43. The number of carbonyl (C=O) groups is 1. The van der Waals surface area contributed by atoms with Crippen molar-refractivity contribution in [1.82, 2.24) is 5.32 Å². The van der Waals surface area contributed by atoms with Crippen molar-refractivity contribution in [2.24, 2.45) is 0 Å². The summed E-state index contributed by atoms with van der Waals surface area (Å²) in [5.74, 6) is -0.167. The molecule has 3 atom stereocenters. The number of amides is 1. The highest BCUT2D eigenvalue weighted by atomic mass is 31.2. The number of nitrogens with one attached hydrogen (secondary N) is 1. The number of aliphatic hydroxyl groups excluding tert-OH is 1. The fourth-order valence-corrected chi connectivity index (χ4v) is 11.3. The molecule has 3 N–H and O–H groups in total. The Morgan fingerprint density at radius 3 is 0.987 bits per heavy atom. The molecule has 0 spiro atoms. The van der Waals surface area contributed by atoms with E-state index in [0.29, 0.717) is 17.4 Å². The van der Waals surface area contributed by atoms with Crippen molar-refractivity contribution in [2.45, 2.75) is 366 Å². The monoisotopic (exact) mass is 1080 g/mol. The molecule has 0 bridgehead atoms. The third kappa shape index (κ3) is 60.7.